The Labute approximate surface area is 107 Å². The molecule has 2 N–H and O–H groups in total. The molecule has 0 aliphatic carbocycles. The van der Waals surface area contributed by atoms with Crippen LogP contribution in [0.25, 0.3) is 0 Å². The number of hydrogen-bond donors (Lipinski definition) is 1. The number of nitrogens with zero attached hydrogens (tertiary/aromatic N) is 1. The Morgan fingerprint density at radius 3 is 2.65 bits per heavy atom. The molecule has 1 saturated heterocycles. The topological polar surface area (TPSA) is 38.5 Å². The van der Waals surface area contributed by atoms with Crippen LogP contribution in [0.3, 0.4) is 0 Å². The van der Waals surface area contributed by atoms with Gasteiger partial charge in [0.05, 0.1) is 12.1 Å². The van der Waals surface area contributed by atoms with E-state index in [0.717, 1.165) is 18.7 Å². The molecule has 0 saturated carbocycles. The summed E-state index contributed by atoms with van der Waals surface area (Å²) >= 11 is 6.15. The SMILES string of the molecule is COc1ccc(N2CC(N)CC2(C)C)cc1Cl. The lowest BCUT2D eigenvalue weighted by Crippen LogP contribution is -2.38. The van der Waals surface area contributed by atoms with Crippen molar-refractivity contribution in [3.05, 3.63) is 23.2 Å². The average Bonchev–Trinajstić information content (AvgIpc) is 2.51. The second kappa shape index (κ2) is 4.39. The van der Waals surface area contributed by atoms with Crippen LogP contribution in [0.1, 0.15) is 20.3 Å². The van der Waals surface area contributed by atoms with Gasteiger partial charge in [0.15, 0.2) is 0 Å². The van der Waals surface area contributed by atoms with E-state index in [1.165, 1.54) is 0 Å². The van der Waals surface area contributed by atoms with E-state index in [1.54, 1.807) is 7.11 Å². The molecule has 1 aromatic carbocycles. The summed E-state index contributed by atoms with van der Waals surface area (Å²) in [5, 5.41) is 0.640. The van der Waals surface area contributed by atoms with Crippen molar-refractivity contribution >= 4 is 17.3 Å². The lowest BCUT2D eigenvalue weighted by molar-refractivity contribution is 0.415. The van der Waals surface area contributed by atoms with E-state index >= 15 is 0 Å². The van der Waals surface area contributed by atoms with Crippen LogP contribution in [-0.2, 0) is 0 Å². The summed E-state index contributed by atoms with van der Waals surface area (Å²) in [4.78, 5) is 2.31. The quantitative estimate of drug-likeness (QED) is 0.882. The van der Waals surface area contributed by atoms with Crippen molar-refractivity contribution in [2.75, 3.05) is 18.6 Å². The number of nitrogens with two attached hydrogens (primary N) is 1. The fraction of sp³-hybridized carbons (Fsp3) is 0.538. The Morgan fingerprint density at radius 1 is 1.47 bits per heavy atom. The molecule has 0 radical (unpaired) electrons. The maximum absolute atomic E-state index is 6.15. The van der Waals surface area contributed by atoms with Gasteiger partial charge >= 0.3 is 0 Å². The number of hydrogen-bond acceptors (Lipinski definition) is 3. The largest absolute Gasteiger partial charge is 0.495 e. The molecule has 1 atom stereocenters. The zero-order valence-corrected chi connectivity index (χ0v) is 11.3. The van der Waals surface area contributed by atoms with E-state index in [1.807, 2.05) is 18.2 Å². The Bertz CT molecular complexity index is 420. The molecule has 1 aliphatic heterocycles. The van der Waals surface area contributed by atoms with Gasteiger partial charge in [-0.25, -0.2) is 0 Å². The molecule has 1 unspecified atom stereocenters. The number of methoxy groups -OCH3 is 1. The lowest BCUT2D eigenvalue weighted by Gasteiger charge is -2.33. The van der Waals surface area contributed by atoms with Crippen LogP contribution in [0.15, 0.2) is 18.2 Å². The molecule has 1 aliphatic rings. The molecule has 94 valence electrons. The molecule has 1 fully saturated rings. The van der Waals surface area contributed by atoms with Gasteiger partial charge in [-0.15, -0.1) is 0 Å². The highest BCUT2D eigenvalue weighted by molar-refractivity contribution is 6.32. The van der Waals surface area contributed by atoms with Crippen LogP contribution in [0, 0.1) is 0 Å². The maximum atomic E-state index is 6.15. The molecule has 1 aromatic rings. The van der Waals surface area contributed by atoms with Gasteiger partial charge in [-0.05, 0) is 38.5 Å². The monoisotopic (exact) mass is 254 g/mol. The molecule has 17 heavy (non-hydrogen) atoms. The summed E-state index contributed by atoms with van der Waals surface area (Å²) in [5.74, 6) is 0.705. The molecule has 0 amide bonds. The summed E-state index contributed by atoms with van der Waals surface area (Å²) < 4.78 is 5.16. The second-order valence-corrected chi connectivity index (χ2v) is 5.61. The van der Waals surface area contributed by atoms with Gasteiger partial charge in [0, 0.05) is 23.8 Å². The van der Waals surface area contributed by atoms with Gasteiger partial charge in [-0.3, -0.25) is 0 Å². The van der Waals surface area contributed by atoms with E-state index < -0.39 is 0 Å². The molecule has 0 bridgehead atoms. The standard InChI is InChI=1S/C13H19ClN2O/c1-13(2)7-9(15)8-16(13)10-4-5-12(17-3)11(14)6-10/h4-6,9H,7-8,15H2,1-3H3. The lowest BCUT2D eigenvalue weighted by atomic mass is 10.00. The minimum absolute atomic E-state index is 0.0807. The van der Waals surface area contributed by atoms with E-state index in [-0.39, 0.29) is 11.6 Å². The first kappa shape index (κ1) is 12.5. The zero-order valence-electron chi connectivity index (χ0n) is 10.5. The summed E-state index contributed by atoms with van der Waals surface area (Å²) in [6.45, 7) is 5.28. The Morgan fingerprint density at radius 2 is 2.18 bits per heavy atom. The summed E-state index contributed by atoms with van der Waals surface area (Å²) in [6, 6.07) is 6.10. The van der Waals surface area contributed by atoms with Crippen LogP contribution in [0.2, 0.25) is 5.02 Å². The van der Waals surface area contributed by atoms with Crippen molar-refractivity contribution in [3.63, 3.8) is 0 Å². The molecular formula is C13H19ClN2O. The van der Waals surface area contributed by atoms with Crippen molar-refractivity contribution in [1.82, 2.24) is 0 Å². The number of rotatable bonds is 2. The highest BCUT2D eigenvalue weighted by Crippen LogP contribution is 2.36. The number of ether oxygens (including phenoxy) is 1. The van der Waals surface area contributed by atoms with E-state index in [4.69, 9.17) is 22.1 Å². The third kappa shape index (κ3) is 2.35. The minimum atomic E-state index is 0.0807. The fourth-order valence-corrected chi connectivity index (χ4v) is 2.83. The van der Waals surface area contributed by atoms with Crippen LogP contribution < -0.4 is 15.4 Å². The van der Waals surface area contributed by atoms with Crippen molar-refractivity contribution in [2.45, 2.75) is 31.8 Å². The Balaban J connectivity index is 2.32. The van der Waals surface area contributed by atoms with Crippen LogP contribution in [0.5, 0.6) is 5.75 Å². The summed E-state index contributed by atoms with van der Waals surface area (Å²) in [5.41, 5.74) is 7.22. The molecule has 0 spiro atoms. The molecule has 3 nitrogen and oxygen atoms in total. The average molecular weight is 255 g/mol. The molecule has 2 rings (SSSR count). The van der Waals surface area contributed by atoms with Gasteiger partial charge in [-0.2, -0.15) is 0 Å². The zero-order chi connectivity index (χ0) is 12.6. The van der Waals surface area contributed by atoms with Crippen molar-refractivity contribution in [2.24, 2.45) is 5.73 Å². The summed E-state index contributed by atoms with van der Waals surface area (Å²) in [7, 11) is 1.62. The van der Waals surface area contributed by atoms with Gasteiger partial charge < -0.3 is 15.4 Å². The highest BCUT2D eigenvalue weighted by Gasteiger charge is 2.36. The summed E-state index contributed by atoms with van der Waals surface area (Å²) in [6.07, 6.45) is 0.997. The molecular weight excluding hydrogens is 236 g/mol. The number of halogens is 1. The molecule has 4 heteroatoms. The first-order valence-corrected chi connectivity index (χ1v) is 6.18. The normalized spacial score (nSPS) is 22.9. The smallest absolute Gasteiger partial charge is 0.137 e. The number of benzene rings is 1. The van der Waals surface area contributed by atoms with Crippen LogP contribution in [0.4, 0.5) is 5.69 Å². The number of anilines is 1. The molecule has 1 heterocycles. The second-order valence-electron chi connectivity index (χ2n) is 5.21. The van der Waals surface area contributed by atoms with Crippen molar-refractivity contribution in [1.29, 1.82) is 0 Å². The van der Waals surface area contributed by atoms with Crippen molar-refractivity contribution < 1.29 is 4.74 Å². The van der Waals surface area contributed by atoms with Gasteiger partial charge in [0.1, 0.15) is 5.75 Å². The first-order valence-electron chi connectivity index (χ1n) is 5.81. The van der Waals surface area contributed by atoms with E-state index in [2.05, 4.69) is 18.7 Å². The predicted octanol–water partition coefficient (Wildman–Crippen LogP) is 2.66. The minimum Gasteiger partial charge on any atom is -0.495 e. The Kier molecular flexibility index (Phi) is 3.23. The van der Waals surface area contributed by atoms with Crippen LogP contribution in [-0.4, -0.2) is 25.2 Å². The Hall–Kier alpha value is -0.930. The van der Waals surface area contributed by atoms with Crippen LogP contribution >= 0.6 is 11.6 Å². The van der Waals surface area contributed by atoms with Gasteiger partial charge in [0.25, 0.3) is 0 Å². The maximum Gasteiger partial charge on any atom is 0.137 e. The van der Waals surface area contributed by atoms with E-state index in [0.29, 0.717) is 10.8 Å². The third-order valence-corrected chi connectivity index (χ3v) is 3.65. The predicted molar refractivity (Wildman–Crippen MR) is 72.0 cm³/mol. The first-order chi connectivity index (χ1) is 7.94. The van der Waals surface area contributed by atoms with E-state index in [9.17, 15) is 0 Å². The van der Waals surface area contributed by atoms with Crippen molar-refractivity contribution in [3.8, 4) is 5.75 Å². The molecule has 0 aromatic heterocycles. The highest BCUT2D eigenvalue weighted by atomic mass is 35.5. The van der Waals surface area contributed by atoms with Gasteiger partial charge in [0.2, 0.25) is 0 Å². The fourth-order valence-electron chi connectivity index (χ4n) is 2.58. The van der Waals surface area contributed by atoms with Gasteiger partial charge in [-0.1, -0.05) is 11.6 Å². The third-order valence-electron chi connectivity index (χ3n) is 3.36.